The summed E-state index contributed by atoms with van der Waals surface area (Å²) >= 11 is 0. The number of carbonyl (C=O) groups is 4. The molecule has 0 aliphatic carbocycles. The molecule has 3 rings (SSSR count). The summed E-state index contributed by atoms with van der Waals surface area (Å²) in [5, 5.41) is 5.54. The number of ether oxygens (including phenoxy) is 3. The van der Waals surface area contributed by atoms with Gasteiger partial charge in [0.25, 0.3) is 5.91 Å². The highest BCUT2D eigenvalue weighted by atomic mass is 16.7. The molecule has 2 aliphatic heterocycles. The third kappa shape index (κ3) is 5.49. The molecule has 10 heteroatoms. The van der Waals surface area contributed by atoms with E-state index in [-0.39, 0.29) is 24.1 Å². The number of benzene rings is 1. The van der Waals surface area contributed by atoms with Crippen molar-refractivity contribution in [3.8, 4) is 5.75 Å². The van der Waals surface area contributed by atoms with Gasteiger partial charge in [0.05, 0.1) is 13.5 Å². The molecule has 0 bridgehead atoms. The molecular formula is C24H33N3O7. The zero-order chi connectivity index (χ0) is 25.0. The highest BCUT2D eigenvalue weighted by Gasteiger charge is 2.41. The van der Waals surface area contributed by atoms with E-state index in [1.807, 2.05) is 13.8 Å². The molecule has 2 fully saturated rings. The van der Waals surface area contributed by atoms with Gasteiger partial charge in [-0.25, -0.2) is 0 Å². The average Bonchev–Trinajstić information content (AvgIpc) is 3.40. The van der Waals surface area contributed by atoms with E-state index in [4.69, 9.17) is 14.2 Å². The second kappa shape index (κ2) is 10.9. The van der Waals surface area contributed by atoms with E-state index >= 15 is 0 Å². The second-order valence-corrected chi connectivity index (χ2v) is 8.66. The summed E-state index contributed by atoms with van der Waals surface area (Å²) in [4.78, 5) is 52.0. The van der Waals surface area contributed by atoms with Crippen LogP contribution in [0, 0.1) is 13.8 Å². The Balaban J connectivity index is 1.63. The number of aryl methyl sites for hydroxylation is 2. The maximum atomic E-state index is 13.1. The molecule has 0 aromatic heterocycles. The highest BCUT2D eigenvalue weighted by Crippen LogP contribution is 2.25. The number of carbonyl (C=O) groups excluding carboxylic acids is 4. The van der Waals surface area contributed by atoms with Crippen LogP contribution in [0.3, 0.4) is 0 Å². The second-order valence-electron chi connectivity index (χ2n) is 8.66. The summed E-state index contributed by atoms with van der Waals surface area (Å²) in [6.07, 6.45) is 0.345. The Morgan fingerprint density at radius 3 is 2.53 bits per heavy atom. The molecule has 186 valence electrons. The van der Waals surface area contributed by atoms with Crippen molar-refractivity contribution in [2.75, 3.05) is 20.3 Å². The summed E-state index contributed by atoms with van der Waals surface area (Å²) in [7, 11) is 1.58. The van der Waals surface area contributed by atoms with E-state index < -0.39 is 30.4 Å². The van der Waals surface area contributed by atoms with Crippen molar-refractivity contribution in [1.82, 2.24) is 15.5 Å². The number of nitrogens with one attached hydrogen (secondary N) is 2. The number of rotatable bonds is 8. The van der Waals surface area contributed by atoms with Gasteiger partial charge in [-0.2, -0.15) is 0 Å². The maximum Gasteiger partial charge on any atom is 0.310 e. The van der Waals surface area contributed by atoms with E-state index in [1.165, 1.54) is 4.90 Å². The summed E-state index contributed by atoms with van der Waals surface area (Å²) in [5.74, 6) is -0.807. The van der Waals surface area contributed by atoms with Crippen LogP contribution in [0.5, 0.6) is 5.75 Å². The molecule has 1 aromatic carbocycles. The number of hydrogen-bond acceptors (Lipinski definition) is 7. The number of likely N-dealkylation sites (tertiary alicyclic amines) is 1. The Kier molecular flexibility index (Phi) is 8.14. The Morgan fingerprint density at radius 2 is 1.91 bits per heavy atom. The quantitative estimate of drug-likeness (QED) is 0.542. The van der Waals surface area contributed by atoms with Crippen LogP contribution in [-0.2, 0) is 23.9 Å². The molecule has 0 saturated carbocycles. The number of nitrogens with zero attached hydrogens (tertiary/aromatic N) is 1. The lowest BCUT2D eigenvalue weighted by Crippen LogP contribution is -2.54. The summed E-state index contributed by atoms with van der Waals surface area (Å²) in [6, 6.07) is 1.32. The van der Waals surface area contributed by atoms with Gasteiger partial charge in [0, 0.05) is 18.7 Å². The van der Waals surface area contributed by atoms with Crippen LogP contribution in [0.2, 0.25) is 0 Å². The largest absolute Gasteiger partial charge is 0.496 e. The Labute approximate surface area is 199 Å². The minimum absolute atomic E-state index is 0.0181. The molecule has 0 radical (unpaired) electrons. The highest BCUT2D eigenvalue weighted by molar-refractivity contribution is 5.99. The van der Waals surface area contributed by atoms with Gasteiger partial charge in [-0.05, 0) is 63.8 Å². The van der Waals surface area contributed by atoms with Crippen LogP contribution < -0.4 is 15.4 Å². The first-order valence-corrected chi connectivity index (χ1v) is 11.5. The van der Waals surface area contributed by atoms with Crippen LogP contribution >= 0.6 is 0 Å². The fourth-order valence-electron chi connectivity index (χ4n) is 4.54. The molecule has 2 heterocycles. The van der Waals surface area contributed by atoms with Gasteiger partial charge in [0.2, 0.25) is 18.1 Å². The van der Waals surface area contributed by atoms with Gasteiger partial charge in [0.15, 0.2) is 0 Å². The molecule has 0 spiro atoms. The Bertz CT molecular complexity index is 941. The predicted octanol–water partition coefficient (Wildman–Crippen LogP) is 1.22. The van der Waals surface area contributed by atoms with Gasteiger partial charge in [-0.3, -0.25) is 19.2 Å². The first kappa shape index (κ1) is 25.5. The van der Waals surface area contributed by atoms with Gasteiger partial charge >= 0.3 is 5.97 Å². The molecule has 34 heavy (non-hydrogen) atoms. The first-order valence-electron chi connectivity index (χ1n) is 11.5. The number of esters is 1. The van der Waals surface area contributed by atoms with Gasteiger partial charge in [0.1, 0.15) is 23.9 Å². The van der Waals surface area contributed by atoms with E-state index in [9.17, 15) is 19.2 Å². The van der Waals surface area contributed by atoms with Gasteiger partial charge in [-0.15, -0.1) is 0 Å². The number of methoxy groups -OCH3 is 1. The molecule has 1 aromatic rings. The first-order chi connectivity index (χ1) is 16.2. The molecular weight excluding hydrogens is 442 g/mol. The molecule has 3 amide bonds. The van der Waals surface area contributed by atoms with Crippen molar-refractivity contribution < 1.29 is 33.4 Å². The topological polar surface area (TPSA) is 123 Å². The smallest absolute Gasteiger partial charge is 0.310 e. The molecule has 10 nitrogen and oxygen atoms in total. The fourth-order valence-corrected chi connectivity index (χ4v) is 4.54. The molecule has 2 aliphatic rings. The van der Waals surface area contributed by atoms with Crippen molar-refractivity contribution in [3.05, 3.63) is 28.8 Å². The van der Waals surface area contributed by atoms with Gasteiger partial charge < -0.3 is 29.7 Å². The van der Waals surface area contributed by atoms with E-state index in [0.29, 0.717) is 37.3 Å². The van der Waals surface area contributed by atoms with Gasteiger partial charge in [-0.1, -0.05) is 0 Å². The standard InChI is InChI=1S/C24H33N3O7/c1-6-33-24-17(12-19(28)34-24)26-22(30)18-8-7-9-27(18)23(31)15(4)25-21(29)16-10-13(2)20(32-5)14(3)11-16/h10-11,15,17-18,24H,6-9,12H2,1-5H3,(H,25,29)(H,26,30)/t15-,17-,18-,24-/m0/s1. The van der Waals surface area contributed by atoms with Crippen LogP contribution in [0.4, 0.5) is 0 Å². The minimum atomic E-state index is -0.832. The monoisotopic (exact) mass is 475 g/mol. The molecule has 0 unspecified atom stereocenters. The summed E-state index contributed by atoms with van der Waals surface area (Å²) < 4.78 is 15.8. The van der Waals surface area contributed by atoms with E-state index in [1.54, 1.807) is 33.1 Å². The zero-order valence-electron chi connectivity index (χ0n) is 20.3. The SMILES string of the molecule is CCO[C@H]1OC(=O)C[C@@H]1NC(=O)[C@@H]1CCCN1C(=O)[C@H](C)NC(=O)c1cc(C)c(OC)c(C)c1. The normalized spacial score (nSPS) is 22.8. The average molecular weight is 476 g/mol. The van der Waals surface area contributed by atoms with Crippen LogP contribution in [0.25, 0.3) is 0 Å². The fraction of sp³-hybridized carbons (Fsp3) is 0.583. The lowest BCUT2D eigenvalue weighted by Gasteiger charge is -2.28. The van der Waals surface area contributed by atoms with Crippen molar-refractivity contribution in [3.63, 3.8) is 0 Å². The lowest BCUT2D eigenvalue weighted by molar-refractivity contribution is -0.164. The maximum absolute atomic E-state index is 13.1. The summed E-state index contributed by atoms with van der Waals surface area (Å²) in [6.45, 7) is 7.82. The van der Waals surface area contributed by atoms with Crippen LogP contribution in [-0.4, -0.2) is 73.3 Å². The van der Waals surface area contributed by atoms with Crippen molar-refractivity contribution in [1.29, 1.82) is 0 Å². The molecule has 4 atom stereocenters. The van der Waals surface area contributed by atoms with Crippen molar-refractivity contribution in [2.24, 2.45) is 0 Å². The third-order valence-corrected chi connectivity index (χ3v) is 6.10. The number of amides is 3. The third-order valence-electron chi connectivity index (χ3n) is 6.10. The predicted molar refractivity (Wildman–Crippen MR) is 122 cm³/mol. The number of hydrogen-bond donors (Lipinski definition) is 2. The van der Waals surface area contributed by atoms with E-state index in [2.05, 4.69) is 10.6 Å². The Hall–Kier alpha value is -3.14. The van der Waals surface area contributed by atoms with E-state index in [0.717, 1.165) is 11.1 Å². The zero-order valence-corrected chi connectivity index (χ0v) is 20.3. The molecule has 2 N–H and O–H groups in total. The molecule has 2 saturated heterocycles. The van der Waals surface area contributed by atoms with Crippen molar-refractivity contribution in [2.45, 2.75) is 71.4 Å². The van der Waals surface area contributed by atoms with Crippen LogP contribution in [0.15, 0.2) is 12.1 Å². The Morgan fingerprint density at radius 1 is 1.24 bits per heavy atom. The van der Waals surface area contributed by atoms with Crippen molar-refractivity contribution >= 4 is 23.7 Å². The summed E-state index contributed by atoms with van der Waals surface area (Å²) in [5.41, 5.74) is 2.07. The number of cyclic esters (lactones) is 1. The van der Waals surface area contributed by atoms with Crippen LogP contribution in [0.1, 0.15) is 54.6 Å². The minimum Gasteiger partial charge on any atom is -0.496 e. The lowest BCUT2D eigenvalue weighted by atomic mass is 10.0.